The number of ether oxygens (including phenoxy) is 1. The summed E-state index contributed by atoms with van der Waals surface area (Å²) in [7, 11) is 0. The van der Waals surface area contributed by atoms with Crippen molar-refractivity contribution < 1.29 is 4.74 Å². The third kappa shape index (κ3) is 3.64. The molecule has 6 heteroatoms. The Hall–Kier alpha value is -1.69. The van der Waals surface area contributed by atoms with Gasteiger partial charge in [0.2, 0.25) is 11.8 Å². The molecule has 0 fully saturated rings. The van der Waals surface area contributed by atoms with E-state index in [4.69, 9.17) is 4.74 Å². The summed E-state index contributed by atoms with van der Waals surface area (Å²) in [4.78, 5) is 13.1. The molecule has 2 aromatic heterocycles. The van der Waals surface area contributed by atoms with Crippen molar-refractivity contribution in [2.75, 3.05) is 11.9 Å². The van der Waals surface area contributed by atoms with Crippen LogP contribution in [0.4, 0.5) is 5.95 Å². The van der Waals surface area contributed by atoms with Crippen LogP contribution in [0.15, 0.2) is 17.6 Å². The molecule has 0 spiro atoms. The van der Waals surface area contributed by atoms with Gasteiger partial charge in [-0.3, -0.25) is 0 Å². The molecule has 0 aliphatic rings. The molecular formula is C13H18N4OS. The van der Waals surface area contributed by atoms with Gasteiger partial charge in [0.05, 0.1) is 12.6 Å². The molecule has 19 heavy (non-hydrogen) atoms. The summed E-state index contributed by atoms with van der Waals surface area (Å²) in [6.45, 7) is 6.58. The molecule has 102 valence electrons. The molecule has 0 bridgehead atoms. The van der Waals surface area contributed by atoms with Crippen molar-refractivity contribution in [1.82, 2.24) is 15.0 Å². The minimum absolute atomic E-state index is 0.135. The van der Waals surface area contributed by atoms with Crippen LogP contribution >= 0.6 is 11.3 Å². The van der Waals surface area contributed by atoms with Crippen molar-refractivity contribution in [1.29, 1.82) is 0 Å². The van der Waals surface area contributed by atoms with Gasteiger partial charge in [-0.1, -0.05) is 6.92 Å². The molecule has 0 saturated heterocycles. The molecule has 2 aromatic rings. The van der Waals surface area contributed by atoms with Crippen LogP contribution in [-0.4, -0.2) is 21.6 Å². The van der Waals surface area contributed by atoms with E-state index in [0.717, 1.165) is 17.1 Å². The molecule has 0 aliphatic carbocycles. The molecule has 0 amide bonds. The van der Waals surface area contributed by atoms with Gasteiger partial charge in [-0.2, -0.15) is 4.98 Å². The van der Waals surface area contributed by atoms with E-state index in [1.54, 1.807) is 11.3 Å². The summed E-state index contributed by atoms with van der Waals surface area (Å²) in [6, 6.07) is 1.97. The highest BCUT2D eigenvalue weighted by molar-refractivity contribution is 7.09. The van der Waals surface area contributed by atoms with E-state index >= 15 is 0 Å². The van der Waals surface area contributed by atoms with Crippen LogP contribution in [-0.2, 0) is 0 Å². The highest BCUT2D eigenvalue weighted by Gasteiger charge is 2.14. The van der Waals surface area contributed by atoms with E-state index in [-0.39, 0.29) is 6.04 Å². The highest BCUT2D eigenvalue weighted by atomic mass is 32.1. The van der Waals surface area contributed by atoms with Gasteiger partial charge in [0, 0.05) is 23.3 Å². The normalized spacial score (nSPS) is 12.2. The van der Waals surface area contributed by atoms with Gasteiger partial charge in [-0.05, 0) is 20.3 Å². The molecule has 1 unspecified atom stereocenters. The van der Waals surface area contributed by atoms with Crippen LogP contribution in [0.1, 0.15) is 37.0 Å². The fourth-order valence-electron chi connectivity index (χ4n) is 1.73. The summed E-state index contributed by atoms with van der Waals surface area (Å²) >= 11 is 1.63. The smallest absolute Gasteiger partial charge is 0.226 e. The average molecular weight is 278 g/mol. The summed E-state index contributed by atoms with van der Waals surface area (Å²) in [6.07, 6.45) is 2.74. The van der Waals surface area contributed by atoms with Crippen molar-refractivity contribution >= 4 is 17.3 Å². The molecule has 0 saturated carbocycles. The molecule has 1 N–H and O–H groups in total. The second-order valence-electron chi connectivity index (χ2n) is 4.08. The SMILES string of the molecule is CCOc1cc(C)nc(NC(CC)c2nccs2)n1. The zero-order chi connectivity index (χ0) is 13.7. The average Bonchev–Trinajstić information content (AvgIpc) is 2.89. The maximum Gasteiger partial charge on any atom is 0.226 e. The number of nitrogens with zero attached hydrogens (tertiary/aromatic N) is 3. The van der Waals surface area contributed by atoms with Gasteiger partial charge < -0.3 is 10.1 Å². The van der Waals surface area contributed by atoms with Crippen LogP contribution < -0.4 is 10.1 Å². The molecule has 2 heterocycles. The lowest BCUT2D eigenvalue weighted by molar-refractivity contribution is 0.326. The fraction of sp³-hybridized carbons (Fsp3) is 0.462. The Kier molecular flexibility index (Phi) is 4.68. The standard InChI is InChI=1S/C13H18N4OS/c1-4-10(12-14-6-7-19-12)16-13-15-9(3)8-11(17-13)18-5-2/h6-8,10H,4-5H2,1-3H3,(H,15,16,17). The highest BCUT2D eigenvalue weighted by Crippen LogP contribution is 2.23. The lowest BCUT2D eigenvalue weighted by Crippen LogP contribution is -2.12. The zero-order valence-corrected chi connectivity index (χ0v) is 12.2. The molecule has 2 rings (SSSR count). The first-order chi connectivity index (χ1) is 9.22. The Labute approximate surface area is 117 Å². The number of thiazole rings is 1. The van der Waals surface area contributed by atoms with Crippen LogP contribution in [0.5, 0.6) is 5.88 Å². The van der Waals surface area contributed by atoms with E-state index in [1.807, 2.05) is 31.5 Å². The van der Waals surface area contributed by atoms with E-state index < -0.39 is 0 Å². The predicted molar refractivity (Wildman–Crippen MR) is 76.7 cm³/mol. The van der Waals surface area contributed by atoms with Crippen molar-refractivity contribution in [2.45, 2.75) is 33.2 Å². The monoisotopic (exact) mass is 278 g/mol. The second-order valence-corrected chi connectivity index (χ2v) is 5.01. The number of rotatable bonds is 6. The Bertz CT molecular complexity index is 515. The quantitative estimate of drug-likeness (QED) is 0.879. The minimum atomic E-state index is 0.135. The zero-order valence-electron chi connectivity index (χ0n) is 11.4. The third-order valence-electron chi connectivity index (χ3n) is 2.58. The lowest BCUT2D eigenvalue weighted by Gasteiger charge is -2.15. The topological polar surface area (TPSA) is 59.9 Å². The second kappa shape index (κ2) is 6.47. The third-order valence-corrected chi connectivity index (χ3v) is 3.47. The molecular weight excluding hydrogens is 260 g/mol. The number of nitrogens with one attached hydrogen (secondary N) is 1. The van der Waals surface area contributed by atoms with Gasteiger partial charge in [0.25, 0.3) is 0 Å². The molecule has 0 radical (unpaired) electrons. The van der Waals surface area contributed by atoms with Crippen LogP contribution in [0.2, 0.25) is 0 Å². The Morgan fingerprint density at radius 2 is 2.21 bits per heavy atom. The van der Waals surface area contributed by atoms with E-state index in [0.29, 0.717) is 18.4 Å². The van der Waals surface area contributed by atoms with E-state index in [2.05, 4.69) is 27.2 Å². The number of aryl methyl sites for hydroxylation is 1. The molecule has 0 aliphatic heterocycles. The lowest BCUT2D eigenvalue weighted by atomic mass is 10.2. The van der Waals surface area contributed by atoms with Gasteiger partial charge >= 0.3 is 0 Å². The molecule has 0 aromatic carbocycles. The minimum Gasteiger partial charge on any atom is -0.478 e. The van der Waals surface area contributed by atoms with Gasteiger partial charge in [0.1, 0.15) is 5.01 Å². The first kappa shape index (κ1) is 13.7. The Morgan fingerprint density at radius 3 is 2.84 bits per heavy atom. The van der Waals surface area contributed by atoms with Gasteiger partial charge in [-0.15, -0.1) is 11.3 Å². The first-order valence-electron chi connectivity index (χ1n) is 6.37. The van der Waals surface area contributed by atoms with Gasteiger partial charge in [-0.25, -0.2) is 9.97 Å². The maximum atomic E-state index is 5.43. The summed E-state index contributed by atoms with van der Waals surface area (Å²) in [5, 5.41) is 6.34. The number of anilines is 1. The van der Waals surface area contributed by atoms with Crippen molar-refractivity contribution in [2.24, 2.45) is 0 Å². The van der Waals surface area contributed by atoms with Crippen molar-refractivity contribution in [3.8, 4) is 5.88 Å². The summed E-state index contributed by atoms with van der Waals surface area (Å²) < 4.78 is 5.43. The Balaban J connectivity index is 2.17. The summed E-state index contributed by atoms with van der Waals surface area (Å²) in [5.74, 6) is 1.19. The van der Waals surface area contributed by atoms with E-state index in [9.17, 15) is 0 Å². The van der Waals surface area contributed by atoms with E-state index in [1.165, 1.54) is 0 Å². The number of aromatic nitrogens is 3. The van der Waals surface area contributed by atoms with Gasteiger partial charge in [0.15, 0.2) is 0 Å². The largest absolute Gasteiger partial charge is 0.478 e. The first-order valence-corrected chi connectivity index (χ1v) is 7.25. The van der Waals surface area contributed by atoms with Crippen molar-refractivity contribution in [3.05, 3.63) is 28.3 Å². The molecule has 1 atom stereocenters. The Morgan fingerprint density at radius 1 is 1.37 bits per heavy atom. The van der Waals surface area contributed by atoms with Crippen LogP contribution in [0.3, 0.4) is 0 Å². The van der Waals surface area contributed by atoms with Crippen LogP contribution in [0, 0.1) is 6.92 Å². The maximum absolute atomic E-state index is 5.43. The molecule has 5 nitrogen and oxygen atoms in total. The summed E-state index contributed by atoms with van der Waals surface area (Å²) in [5.41, 5.74) is 0.884. The van der Waals surface area contributed by atoms with Crippen LogP contribution in [0.25, 0.3) is 0 Å². The number of hydrogen-bond donors (Lipinski definition) is 1. The fourth-order valence-corrected chi connectivity index (χ4v) is 2.50. The predicted octanol–water partition coefficient (Wildman–Crippen LogP) is 3.20. The van der Waals surface area contributed by atoms with Crippen molar-refractivity contribution in [3.63, 3.8) is 0 Å². The number of hydrogen-bond acceptors (Lipinski definition) is 6.